The van der Waals surface area contributed by atoms with Gasteiger partial charge in [-0.05, 0) is 79.1 Å². The summed E-state index contributed by atoms with van der Waals surface area (Å²) in [4.78, 5) is 2.72. The summed E-state index contributed by atoms with van der Waals surface area (Å²) in [5.74, 6) is 2.10. The van der Waals surface area contributed by atoms with Gasteiger partial charge in [-0.3, -0.25) is 4.90 Å². The fraction of sp³-hybridized carbons (Fsp3) is 0.538. The van der Waals surface area contributed by atoms with E-state index in [1.54, 1.807) is 26.4 Å². The average Bonchev–Trinajstić information content (AvgIpc) is 2.86. The number of sulfonamides is 1. The summed E-state index contributed by atoms with van der Waals surface area (Å²) < 4.78 is 39.1. The smallest absolute Gasteiger partial charge is 0.240 e. The molecule has 0 atom stereocenters. The lowest BCUT2D eigenvalue weighted by Gasteiger charge is -2.29. The second kappa shape index (κ2) is 12.2. The molecule has 0 saturated heterocycles. The number of halogens is 1. The molecule has 6 nitrogen and oxygen atoms in total. The van der Waals surface area contributed by atoms with E-state index >= 15 is 0 Å². The van der Waals surface area contributed by atoms with Gasteiger partial charge >= 0.3 is 0 Å². The molecular formula is C26H37ClN2O4S. The first-order valence-corrected chi connectivity index (χ1v) is 13.5. The van der Waals surface area contributed by atoms with Crippen molar-refractivity contribution in [2.45, 2.75) is 62.3 Å². The second-order valence-corrected chi connectivity index (χ2v) is 10.9. The summed E-state index contributed by atoms with van der Waals surface area (Å²) in [6.45, 7) is 3.07. The molecule has 0 radical (unpaired) electrons. The Kier molecular flexibility index (Phi) is 9.65. The zero-order valence-electron chi connectivity index (χ0n) is 20.2. The topological polar surface area (TPSA) is 67.9 Å². The minimum absolute atomic E-state index is 0. The van der Waals surface area contributed by atoms with Crippen molar-refractivity contribution in [3.05, 3.63) is 53.1 Å². The molecule has 2 aliphatic rings. The Morgan fingerprint density at radius 1 is 0.971 bits per heavy atom. The van der Waals surface area contributed by atoms with Crippen molar-refractivity contribution in [3.8, 4) is 11.5 Å². The van der Waals surface area contributed by atoms with Crippen LogP contribution < -0.4 is 14.2 Å². The van der Waals surface area contributed by atoms with Crippen molar-refractivity contribution >= 4 is 22.4 Å². The summed E-state index contributed by atoms with van der Waals surface area (Å²) in [7, 11) is -0.163. The predicted molar refractivity (Wildman–Crippen MR) is 138 cm³/mol. The molecule has 8 heteroatoms. The number of hydrogen-bond donors (Lipinski definition) is 1. The fourth-order valence-corrected chi connectivity index (χ4v) is 6.15. The van der Waals surface area contributed by atoms with Crippen LogP contribution in [0.1, 0.15) is 61.1 Å². The van der Waals surface area contributed by atoms with E-state index in [0.717, 1.165) is 44.0 Å². The van der Waals surface area contributed by atoms with E-state index in [1.165, 1.54) is 48.8 Å². The van der Waals surface area contributed by atoms with Crippen molar-refractivity contribution in [1.29, 1.82) is 0 Å². The van der Waals surface area contributed by atoms with E-state index in [4.69, 9.17) is 9.47 Å². The minimum Gasteiger partial charge on any atom is -0.493 e. The van der Waals surface area contributed by atoms with E-state index in [1.807, 2.05) is 12.1 Å². The van der Waals surface area contributed by atoms with Gasteiger partial charge in [0, 0.05) is 19.6 Å². The fourth-order valence-electron chi connectivity index (χ4n) is 5.08. The molecule has 0 amide bonds. The van der Waals surface area contributed by atoms with Crippen LogP contribution in [-0.2, 0) is 23.0 Å². The molecule has 0 spiro atoms. The number of methoxy groups -OCH3 is 2. The number of ether oxygens (including phenoxy) is 2. The zero-order valence-corrected chi connectivity index (χ0v) is 21.8. The standard InChI is InChI=1S/C26H36N2O4S.ClH/c1-31-25-17-22-13-16-28(19-23(22)18-26(25)32-2)15-6-14-27-33(29,30)24-11-9-21(10-12-24)20-7-4-3-5-8-20;/h9-12,17-18,20,27H,3-8,13-16,19H2,1-2H3;1H. The zero-order chi connectivity index (χ0) is 23.3. The van der Waals surface area contributed by atoms with Crippen LogP contribution in [0.3, 0.4) is 0 Å². The quantitative estimate of drug-likeness (QED) is 0.488. The Morgan fingerprint density at radius 2 is 1.62 bits per heavy atom. The Balaban J connectivity index is 0.00000324. The van der Waals surface area contributed by atoms with Crippen LogP contribution in [0.4, 0.5) is 0 Å². The van der Waals surface area contributed by atoms with Crippen LogP contribution in [0.2, 0.25) is 0 Å². The Hall–Kier alpha value is -1.80. The molecule has 1 saturated carbocycles. The number of nitrogens with zero attached hydrogens (tertiary/aromatic N) is 1. The van der Waals surface area contributed by atoms with Crippen molar-refractivity contribution < 1.29 is 17.9 Å². The van der Waals surface area contributed by atoms with Gasteiger partial charge in [-0.1, -0.05) is 31.4 Å². The molecule has 1 aliphatic heterocycles. The molecule has 188 valence electrons. The van der Waals surface area contributed by atoms with E-state index in [-0.39, 0.29) is 12.4 Å². The molecule has 1 aliphatic carbocycles. The Bertz CT molecular complexity index is 1040. The van der Waals surface area contributed by atoms with E-state index in [0.29, 0.717) is 17.4 Å². The van der Waals surface area contributed by atoms with Gasteiger partial charge in [-0.25, -0.2) is 13.1 Å². The molecule has 4 rings (SSSR count). The highest BCUT2D eigenvalue weighted by Crippen LogP contribution is 2.34. The highest BCUT2D eigenvalue weighted by atomic mass is 35.5. The summed E-state index contributed by atoms with van der Waals surface area (Å²) in [5, 5.41) is 0. The first kappa shape index (κ1) is 26.8. The minimum atomic E-state index is -3.48. The van der Waals surface area contributed by atoms with Crippen LogP contribution in [0.25, 0.3) is 0 Å². The lowest BCUT2D eigenvalue weighted by molar-refractivity contribution is 0.250. The number of fused-ring (bicyclic) bond motifs is 1. The van der Waals surface area contributed by atoms with E-state index in [9.17, 15) is 8.42 Å². The molecule has 1 heterocycles. The summed E-state index contributed by atoms with van der Waals surface area (Å²) >= 11 is 0. The van der Waals surface area contributed by atoms with E-state index < -0.39 is 10.0 Å². The Morgan fingerprint density at radius 3 is 2.26 bits per heavy atom. The summed E-state index contributed by atoms with van der Waals surface area (Å²) in [5.41, 5.74) is 3.81. The maximum atomic E-state index is 12.7. The van der Waals surface area contributed by atoms with Gasteiger partial charge in [0.15, 0.2) is 11.5 Å². The van der Waals surface area contributed by atoms with Gasteiger partial charge in [-0.2, -0.15) is 0 Å². The molecule has 34 heavy (non-hydrogen) atoms. The lowest BCUT2D eigenvalue weighted by atomic mass is 9.84. The van der Waals surface area contributed by atoms with Gasteiger partial charge in [0.1, 0.15) is 0 Å². The monoisotopic (exact) mass is 508 g/mol. The number of hydrogen-bond acceptors (Lipinski definition) is 5. The number of nitrogens with one attached hydrogen (secondary N) is 1. The second-order valence-electron chi connectivity index (χ2n) is 9.16. The highest BCUT2D eigenvalue weighted by molar-refractivity contribution is 7.89. The number of benzene rings is 2. The van der Waals surface area contributed by atoms with Crippen LogP contribution in [0.5, 0.6) is 11.5 Å². The molecule has 0 aromatic heterocycles. The van der Waals surface area contributed by atoms with Crippen LogP contribution in [0.15, 0.2) is 41.3 Å². The highest BCUT2D eigenvalue weighted by Gasteiger charge is 2.20. The van der Waals surface area contributed by atoms with Gasteiger partial charge in [0.2, 0.25) is 10.0 Å². The molecular weight excluding hydrogens is 472 g/mol. The third-order valence-corrected chi connectivity index (χ3v) is 8.48. The Labute approximate surface area is 210 Å². The maximum Gasteiger partial charge on any atom is 0.240 e. The average molecular weight is 509 g/mol. The molecule has 2 aromatic carbocycles. The van der Waals surface area contributed by atoms with Crippen LogP contribution in [0, 0.1) is 0 Å². The molecule has 0 bridgehead atoms. The predicted octanol–water partition coefficient (Wildman–Crippen LogP) is 4.90. The van der Waals surface area contributed by atoms with Crippen molar-refractivity contribution in [2.75, 3.05) is 33.9 Å². The van der Waals surface area contributed by atoms with Gasteiger partial charge in [0.25, 0.3) is 0 Å². The van der Waals surface area contributed by atoms with Crippen molar-refractivity contribution in [2.24, 2.45) is 0 Å². The van der Waals surface area contributed by atoms with Crippen molar-refractivity contribution in [1.82, 2.24) is 9.62 Å². The summed E-state index contributed by atoms with van der Waals surface area (Å²) in [6, 6.07) is 11.6. The van der Waals surface area contributed by atoms with Gasteiger partial charge < -0.3 is 9.47 Å². The summed E-state index contributed by atoms with van der Waals surface area (Å²) in [6.07, 6.45) is 8.01. The third-order valence-electron chi connectivity index (χ3n) is 7.01. The van der Waals surface area contributed by atoms with Gasteiger partial charge in [-0.15, -0.1) is 12.4 Å². The SMILES string of the molecule is COc1cc2c(cc1OC)CN(CCCNS(=O)(=O)c1ccc(C3CCCCC3)cc1)CC2.Cl. The largest absolute Gasteiger partial charge is 0.493 e. The van der Waals surface area contributed by atoms with Crippen LogP contribution >= 0.6 is 12.4 Å². The third kappa shape index (κ3) is 6.45. The number of rotatable bonds is 9. The van der Waals surface area contributed by atoms with Crippen molar-refractivity contribution in [3.63, 3.8) is 0 Å². The molecule has 1 fully saturated rings. The lowest BCUT2D eigenvalue weighted by Crippen LogP contribution is -2.33. The molecule has 0 unspecified atom stereocenters. The molecule has 2 aromatic rings. The molecule has 1 N–H and O–H groups in total. The van der Waals surface area contributed by atoms with Gasteiger partial charge in [0.05, 0.1) is 19.1 Å². The van der Waals surface area contributed by atoms with Crippen LogP contribution in [-0.4, -0.2) is 47.2 Å². The first-order valence-electron chi connectivity index (χ1n) is 12.1. The maximum absolute atomic E-state index is 12.7. The van der Waals surface area contributed by atoms with E-state index in [2.05, 4.69) is 21.8 Å². The normalized spacial score (nSPS) is 17.0. The first-order chi connectivity index (χ1) is 16.0.